The molecule has 0 spiro atoms. The highest BCUT2D eigenvalue weighted by Crippen LogP contribution is 2.16. The Bertz CT molecular complexity index is 223. The third-order valence-electron chi connectivity index (χ3n) is 3.14. The van der Waals surface area contributed by atoms with Gasteiger partial charge in [0.15, 0.2) is 0 Å². The second-order valence-corrected chi connectivity index (χ2v) is 5.75. The van der Waals surface area contributed by atoms with Gasteiger partial charge in [0.1, 0.15) is 0 Å². The van der Waals surface area contributed by atoms with Gasteiger partial charge in [0.05, 0.1) is 0 Å². The van der Waals surface area contributed by atoms with E-state index in [1.807, 2.05) is 11.8 Å². The normalized spacial score (nSPS) is 27.4. The zero-order valence-electron chi connectivity index (χ0n) is 10.6. The molecule has 0 radical (unpaired) electrons. The molecule has 4 heteroatoms. The van der Waals surface area contributed by atoms with Crippen LogP contribution < -0.4 is 10.6 Å². The molecule has 1 aliphatic heterocycles. The molecular formula is C12H24N2OS. The number of nitrogens with one attached hydrogen (secondary N) is 2. The number of hydrogen-bond donors (Lipinski definition) is 2. The topological polar surface area (TPSA) is 41.1 Å². The van der Waals surface area contributed by atoms with Crippen LogP contribution in [0.2, 0.25) is 0 Å². The van der Waals surface area contributed by atoms with Crippen LogP contribution in [-0.4, -0.2) is 36.5 Å². The maximum atomic E-state index is 12.0. The summed E-state index contributed by atoms with van der Waals surface area (Å²) in [6, 6.07) is 0.788. The molecule has 1 fully saturated rings. The van der Waals surface area contributed by atoms with Crippen LogP contribution in [-0.2, 0) is 4.79 Å². The van der Waals surface area contributed by atoms with Crippen LogP contribution in [0.1, 0.15) is 33.1 Å². The summed E-state index contributed by atoms with van der Waals surface area (Å²) in [5.41, 5.74) is 0. The van der Waals surface area contributed by atoms with Gasteiger partial charge in [-0.1, -0.05) is 0 Å². The van der Waals surface area contributed by atoms with E-state index in [0.29, 0.717) is 12.1 Å². The van der Waals surface area contributed by atoms with E-state index in [0.717, 1.165) is 31.6 Å². The minimum absolute atomic E-state index is 0.216. The quantitative estimate of drug-likeness (QED) is 0.772. The van der Waals surface area contributed by atoms with Crippen molar-refractivity contribution in [3.8, 4) is 0 Å². The predicted octanol–water partition coefficient (Wildman–Crippen LogP) is 1.63. The zero-order valence-corrected chi connectivity index (χ0v) is 11.4. The Morgan fingerprint density at radius 2 is 2.38 bits per heavy atom. The van der Waals surface area contributed by atoms with Crippen molar-refractivity contribution in [2.45, 2.75) is 45.2 Å². The Morgan fingerprint density at radius 1 is 1.62 bits per heavy atom. The fourth-order valence-electron chi connectivity index (χ4n) is 2.10. The SMILES string of the molecule is CSCCC(C)NC(=O)C1CCNC(C)C1. The molecule has 3 unspecified atom stereocenters. The molecule has 0 saturated carbocycles. The molecule has 0 aromatic heterocycles. The second-order valence-electron chi connectivity index (χ2n) is 4.77. The summed E-state index contributed by atoms with van der Waals surface area (Å²) in [5, 5.41) is 6.50. The summed E-state index contributed by atoms with van der Waals surface area (Å²) in [4.78, 5) is 12.0. The fraction of sp³-hybridized carbons (Fsp3) is 0.917. The first kappa shape index (κ1) is 13.8. The van der Waals surface area contributed by atoms with Crippen LogP contribution in [0.15, 0.2) is 0 Å². The van der Waals surface area contributed by atoms with E-state index < -0.39 is 0 Å². The Balaban J connectivity index is 2.27. The molecule has 0 aromatic carbocycles. The maximum Gasteiger partial charge on any atom is 0.223 e. The molecule has 1 heterocycles. The molecular weight excluding hydrogens is 220 g/mol. The number of thioether (sulfide) groups is 1. The molecule has 1 amide bonds. The van der Waals surface area contributed by atoms with Crippen LogP contribution in [0.5, 0.6) is 0 Å². The van der Waals surface area contributed by atoms with E-state index in [1.54, 1.807) is 0 Å². The zero-order chi connectivity index (χ0) is 12.0. The van der Waals surface area contributed by atoms with Crippen molar-refractivity contribution in [1.82, 2.24) is 10.6 Å². The van der Waals surface area contributed by atoms with Gasteiger partial charge in [0.25, 0.3) is 0 Å². The monoisotopic (exact) mass is 244 g/mol. The van der Waals surface area contributed by atoms with Crippen molar-refractivity contribution < 1.29 is 4.79 Å². The molecule has 0 bridgehead atoms. The van der Waals surface area contributed by atoms with Crippen molar-refractivity contribution >= 4 is 17.7 Å². The van der Waals surface area contributed by atoms with Crippen molar-refractivity contribution in [1.29, 1.82) is 0 Å². The van der Waals surface area contributed by atoms with Gasteiger partial charge < -0.3 is 10.6 Å². The third-order valence-corrected chi connectivity index (χ3v) is 3.78. The largest absolute Gasteiger partial charge is 0.353 e. The van der Waals surface area contributed by atoms with Gasteiger partial charge >= 0.3 is 0 Å². The first-order valence-electron chi connectivity index (χ1n) is 6.16. The lowest BCUT2D eigenvalue weighted by atomic mass is 9.92. The average molecular weight is 244 g/mol. The molecule has 3 nitrogen and oxygen atoms in total. The van der Waals surface area contributed by atoms with Crippen LogP contribution >= 0.6 is 11.8 Å². The number of carbonyl (C=O) groups excluding carboxylic acids is 1. The van der Waals surface area contributed by atoms with Crippen LogP contribution in [0.3, 0.4) is 0 Å². The summed E-state index contributed by atoms with van der Waals surface area (Å²) < 4.78 is 0. The van der Waals surface area contributed by atoms with Gasteiger partial charge in [-0.15, -0.1) is 0 Å². The van der Waals surface area contributed by atoms with Gasteiger partial charge in [0, 0.05) is 18.0 Å². The molecule has 2 N–H and O–H groups in total. The van der Waals surface area contributed by atoms with Gasteiger partial charge in [-0.05, 0) is 51.7 Å². The summed E-state index contributed by atoms with van der Waals surface area (Å²) in [6.07, 6.45) is 5.11. The van der Waals surface area contributed by atoms with Gasteiger partial charge in [-0.25, -0.2) is 0 Å². The van der Waals surface area contributed by atoms with E-state index in [1.165, 1.54) is 0 Å². The van der Waals surface area contributed by atoms with Gasteiger partial charge in [0.2, 0.25) is 5.91 Å². The lowest BCUT2D eigenvalue weighted by molar-refractivity contribution is -0.126. The Morgan fingerprint density at radius 3 is 3.00 bits per heavy atom. The molecule has 1 rings (SSSR count). The standard InChI is InChI=1S/C12H24N2OS/c1-9(5-7-16-3)14-12(15)11-4-6-13-10(2)8-11/h9-11,13H,4-8H2,1-3H3,(H,14,15). The summed E-state index contributed by atoms with van der Waals surface area (Å²) >= 11 is 1.83. The summed E-state index contributed by atoms with van der Waals surface area (Å²) in [6.45, 7) is 5.22. The molecule has 0 aliphatic carbocycles. The Labute approximate surface area is 103 Å². The van der Waals surface area contributed by atoms with Gasteiger partial charge in [-0.2, -0.15) is 11.8 Å². The number of carbonyl (C=O) groups is 1. The molecule has 0 aromatic rings. The fourth-order valence-corrected chi connectivity index (χ4v) is 2.69. The molecule has 16 heavy (non-hydrogen) atoms. The first-order chi connectivity index (χ1) is 7.63. The van der Waals surface area contributed by atoms with Gasteiger partial charge in [-0.3, -0.25) is 4.79 Å². The van der Waals surface area contributed by atoms with Crippen LogP contribution in [0.25, 0.3) is 0 Å². The van der Waals surface area contributed by atoms with Crippen LogP contribution in [0.4, 0.5) is 0 Å². The van der Waals surface area contributed by atoms with Crippen molar-refractivity contribution in [3.05, 3.63) is 0 Å². The molecule has 94 valence electrons. The summed E-state index contributed by atoms with van der Waals surface area (Å²) in [5.74, 6) is 1.58. The number of hydrogen-bond acceptors (Lipinski definition) is 3. The Kier molecular flexibility index (Phi) is 6.21. The maximum absolute atomic E-state index is 12.0. The third kappa shape index (κ3) is 4.74. The minimum Gasteiger partial charge on any atom is -0.353 e. The predicted molar refractivity (Wildman–Crippen MR) is 70.8 cm³/mol. The lowest BCUT2D eigenvalue weighted by Crippen LogP contribution is -2.44. The number of amides is 1. The molecule has 1 aliphatic rings. The van der Waals surface area contributed by atoms with Crippen molar-refractivity contribution in [2.24, 2.45) is 5.92 Å². The number of rotatable bonds is 5. The van der Waals surface area contributed by atoms with Crippen molar-refractivity contribution in [2.75, 3.05) is 18.6 Å². The van der Waals surface area contributed by atoms with E-state index in [4.69, 9.17) is 0 Å². The summed E-state index contributed by atoms with van der Waals surface area (Å²) in [7, 11) is 0. The smallest absolute Gasteiger partial charge is 0.223 e. The number of piperidine rings is 1. The minimum atomic E-state index is 0.216. The highest BCUT2D eigenvalue weighted by molar-refractivity contribution is 7.98. The molecule has 3 atom stereocenters. The Hall–Kier alpha value is -0.220. The van der Waals surface area contributed by atoms with Crippen molar-refractivity contribution in [3.63, 3.8) is 0 Å². The average Bonchev–Trinajstić information content (AvgIpc) is 2.26. The first-order valence-corrected chi connectivity index (χ1v) is 7.55. The van der Waals surface area contributed by atoms with E-state index in [2.05, 4.69) is 30.7 Å². The second kappa shape index (κ2) is 7.17. The molecule has 1 saturated heterocycles. The van der Waals surface area contributed by atoms with E-state index >= 15 is 0 Å². The highest BCUT2D eigenvalue weighted by atomic mass is 32.2. The van der Waals surface area contributed by atoms with Crippen LogP contribution in [0, 0.1) is 5.92 Å². The lowest BCUT2D eigenvalue weighted by Gasteiger charge is -2.28. The van der Waals surface area contributed by atoms with E-state index in [9.17, 15) is 4.79 Å². The highest BCUT2D eigenvalue weighted by Gasteiger charge is 2.25. The van der Waals surface area contributed by atoms with E-state index in [-0.39, 0.29) is 11.8 Å².